The molecule has 0 atom stereocenters. The highest BCUT2D eigenvalue weighted by atomic mass is 35.7. The average molecular weight is 305 g/mol. The molecule has 0 aliphatic rings. The highest BCUT2D eigenvalue weighted by molar-refractivity contribution is 7.82. The number of hydrogen-bond donors (Lipinski definition) is 0. The van der Waals surface area contributed by atoms with E-state index in [1.54, 1.807) is 0 Å². The Hall–Kier alpha value is -1.58. The predicted octanol–water partition coefficient (Wildman–Crippen LogP) is 4.77. The summed E-state index contributed by atoms with van der Waals surface area (Å²) in [6.45, 7) is -3.94. The first-order valence-corrected chi connectivity index (χ1v) is 7.59. The molecule has 0 unspecified atom stereocenters. The molecule has 0 aliphatic carbocycles. The molecule has 0 bridgehead atoms. The van der Waals surface area contributed by atoms with Gasteiger partial charge in [0.25, 0.3) is 0 Å². The van der Waals surface area contributed by atoms with Crippen LogP contribution in [0, 0.1) is 11.6 Å². The van der Waals surface area contributed by atoms with E-state index in [4.69, 9.17) is 20.3 Å². The Kier molecular flexibility index (Phi) is 4.08. The molecule has 0 N–H and O–H groups in total. The smallest absolute Gasteiger partial charge is 0.405 e. The molecule has 0 radical (unpaired) electrons. The van der Waals surface area contributed by atoms with Crippen molar-refractivity contribution < 1.29 is 22.4 Å². The van der Waals surface area contributed by atoms with Crippen molar-refractivity contribution in [2.75, 3.05) is 0 Å². The lowest BCUT2D eigenvalue weighted by atomic mass is 10.3. The molecule has 0 fully saturated rings. The van der Waals surface area contributed by atoms with E-state index in [1.165, 1.54) is 24.3 Å². The third kappa shape index (κ3) is 4.23. The Morgan fingerprint density at radius 2 is 1.11 bits per heavy atom. The standard InChI is InChI=1S/C12H8ClF2O3P/c13-19(16,17-11-5-1-9(14)2-6-11)18-12-7-3-10(15)4-8-12/h1-8H. The van der Waals surface area contributed by atoms with Gasteiger partial charge >= 0.3 is 6.95 Å². The SMILES string of the molecule is O=P(Cl)(Oc1ccc(F)cc1)Oc1ccc(F)cc1. The fourth-order valence-corrected chi connectivity index (χ4v) is 2.52. The first-order chi connectivity index (χ1) is 8.94. The zero-order chi connectivity index (χ0) is 13.9. The largest absolute Gasteiger partial charge is 0.530 e. The Morgan fingerprint density at radius 3 is 1.42 bits per heavy atom. The molecule has 2 aromatic rings. The summed E-state index contributed by atoms with van der Waals surface area (Å²) in [5.41, 5.74) is 0. The lowest BCUT2D eigenvalue weighted by Gasteiger charge is -2.13. The van der Waals surface area contributed by atoms with Crippen LogP contribution < -0.4 is 9.05 Å². The first kappa shape index (κ1) is 13.8. The molecule has 0 saturated heterocycles. The number of benzene rings is 2. The zero-order valence-corrected chi connectivity index (χ0v) is 11.1. The lowest BCUT2D eigenvalue weighted by Crippen LogP contribution is -1.95. The maximum Gasteiger partial charge on any atom is 0.530 e. The quantitative estimate of drug-likeness (QED) is 0.763. The molecule has 3 nitrogen and oxygen atoms in total. The Morgan fingerprint density at radius 1 is 0.789 bits per heavy atom. The van der Waals surface area contributed by atoms with Gasteiger partial charge in [-0.25, -0.2) is 13.3 Å². The van der Waals surface area contributed by atoms with Crippen LogP contribution in [0.3, 0.4) is 0 Å². The van der Waals surface area contributed by atoms with Gasteiger partial charge in [-0.2, -0.15) is 0 Å². The molecule has 2 rings (SSSR count). The molecule has 100 valence electrons. The third-order valence-corrected chi connectivity index (χ3v) is 3.33. The normalized spacial score (nSPS) is 11.1. The van der Waals surface area contributed by atoms with Gasteiger partial charge in [0.2, 0.25) is 0 Å². The monoisotopic (exact) mass is 304 g/mol. The Balaban J connectivity index is 2.08. The minimum absolute atomic E-state index is 0.0989. The van der Waals surface area contributed by atoms with Gasteiger partial charge in [0.15, 0.2) is 0 Å². The summed E-state index contributed by atoms with van der Waals surface area (Å²) in [6, 6.07) is 9.57. The van der Waals surface area contributed by atoms with Crippen molar-refractivity contribution >= 4 is 18.2 Å². The average Bonchev–Trinajstić information content (AvgIpc) is 2.34. The van der Waals surface area contributed by atoms with Gasteiger partial charge in [-0.1, -0.05) is 0 Å². The highest BCUT2D eigenvalue weighted by Crippen LogP contribution is 2.53. The minimum Gasteiger partial charge on any atom is -0.405 e. The second-order valence-electron chi connectivity index (χ2n) is 3.52. The Labute approximate surface area is 113 Å². The van der Waals surface area contributed by atoms with Crippen LogP contribution in [0.15, 0.2) is 48.5 Å². The zero-order valence-electron chi connectivity index (χ0n) is 9.42. The van der Waals surface area contributed by atoms with Crippen LogP contribution in [0.4, 0.5) is 8.78 Å². The minimum atomic E-state index is -3.94. The predicted molar refractivity (Wildman–Crippen MR) is 67.5 cm³/mol. The highest BCUT2D eigenvalue weighted by Gasteiger charge is 2.24. The van der Waals surface area contributed by atoms with E-state index in [0.29, 0.717) is 0 Å². The van der Waals surface area contributed by atoms with E-state index in [-0.39, 0.29) is 11.5 Å². The topological polar surface area (TPSA) is 35.5 Å². The number of halogens is 3. The van der Waals surface area contributed by atoms with E-state index in [2.05, 4.69) is 0 Å². The second-order valence-corrected chi connectivity index (χ2v) is 5.99. The molecule has 0 heterocycles. The van der Waals surface area contributed by atoms with Crippen LogP contribution in [0.25, 0.3) is 0 Å². The van der Waals surface area contributed by atoms with Crippen LogP contribution in [-0.2, 0) is 4.57 Å². The molecule has 0 amide bonds. The van der Waals surface area contributed by atoms with Crippen molar-refractivity contribution in [1.29, 1.82) is 0 Å². The number of hydrogen-bond acceptors (Lipinski definition) is 3. The molecular formula is C12H8ClF2O3P. The van der Waals surface area contributed by atoms with Crippen LogP contribution in [0.5, 0.6) is 11.5 Å². The molecule has 7 heteroatoms. The maximum atomic E-state index is 12.7. The van der Waals surface area contributed by atoms with Gasteiger partial charge in [0.1, 0.15) is 23.1 Å². The van der Waals surface area contributed by atoms with Gasteiger partial charge in [0.05, 0.1) is 0 Å². The van der Waals surface area contributed by atoms with Gasteiger partial charge < -0.3 is 9.05 Å². The van der Waals surface area contributed by atoms with Gasteiger partial charge in [0, 0.05) is 11.2 Å². The van der Waals surface area contributed by atoms with E-state index in [9.17, 15) is 13.3 Å². The van der Waals surface area contributed by atoms with Crippen LogP contribution in [0.2, 0.25) is 0 Å². The second kappa shape index (κ2) is 5.59. The summed E-state index contributed by atoms with van der Waals surface area (Å²) in [7, 11) is 0. The molecular weight excluding hydrogens is 297 g/mol. The summed E-state index contributed by atoms with van der Waals surface area (Å²) in [4.78, 5) is 0. The van der Waals surface area contributed by atoms with Gasteiger partial charge in [-0.05, 0) is 48.5 Å². The molecule has 0 aliphatic heterocycles. The fraction of sp³-hybridized carbons (Fsp3) is 0. The third-order valence-electron chi connectivity index (χ3n) is 2.06. The molecule has 0 spiro atoms. The van der Waals surface area contributed by atoms with Crippen molar-refractivity contribution in [1.82, 2.24) is 0 Å². The van der Waals surface area contributed by atoms with Gasteiger partial charge in [-0.15, -0.1) is 0 Å². The van der Waals surface area contributed by atoms with Crippen LogP contribution in [-0.4, -0.2) is 0 Å². The van der Waals surface area contributed by atoms with Crippen molar-refractivity contribution in [2.24, 2.45) is 0 Å². The van der Waals surface area contributed by atoms with Crippen molar-refractivity contribution in [3.8, 4) is 11.5 Å². The van der Waals surface area contributed by atoms with E-state index in [0.717, 1.165) is 24.3 Å². The van der Waals surface area contributed by atoms with Gasteiger partial charge in [-0.3, -0.25) is 0 Å². The summed E-state index contributed by atoms with van der Waals surface area (Å²) in [5.74, 6) is -0.726. The lowest BCUT2D eigenvalue weighted by molar-refractivity contribution is 0.405. The van der Waals surface area contributed by atoms with E-state index in [1.807, 2.05) is 0 Å². The molecule has 19 heavy (non-hydrogen) atoms. The van der Waals surface area contributed by atoms with Crippen molar-refractivity contribution in [3.63, 3.8) is 0 Å². The van der Waals surface area contributed by atoms with Crippen LogP contribution >= 0.6 is 18.2 Å². The summed E-state index contributed by atoms with van der Waals surface area (Å²) < 4.78 is 47.1. The first-order valence-electron chi connectivity index (χ1n) is 5.15. The van der Waals surface area contributed by atoms with E-state index < -0.39 is 18.6 Å². The van der Waals surface area contributed by atoms with Crippen LogP contribution in [0.1, 0.15) is 0 Å². The van der Waals surface area contributed by atoms with E-state index >= 15 is 0 Å². The van der Waals surface area contributed by atoms with Crippen molar-refractivity contribution in [3.05, 3.63) is 60.2 Å². The molecule has 0 saturated carbocycles. The molecule has 0 aromatic heterocycles. The van der Waals surface area contributed by atoms with Crippen molar-refractivity contribution in [2.45, 2.75) is 0 Å². The molecule has 2 aromatic carbocycles. The maximum absolute atomic E-state index is 12.7. The summed E-state index contributed by atoms with van der Waals surface area (Å²) in [5, 5.41) is 0. The Bertz CT molecular complexity index is 550. The fourth-order valence-electron chi connectivity index (χ4n) is 1.26. The number of rotatable bonds is 4. The summed E-state index contributed by atoms with van der Waals surface area (Å²) in [6.07, 6.45) is 0. The summed E-state index contributed by atoms with van der Waals surface area (Å²) >= 11 is 5.61.